The number of ether oxygens (including phenoxy) is 2. The highest BCUT2D eigenvalue weighted by Crippen LogP contribution is 2.33. The summed E-state index contributed by atoms with van der Waals surface area (Å²) in [6, 6.07) is 14.6. The number of carbonyl (C=O) groups excluding carboxylic acids is 2. The minimum Gasteiger partial charge on any atom is -0.482 e. The average Bonchev–Trinajstić information content (AvgIpc) is 3.17. The molecule has 148 valence electrons. The summed E-state index contributed by atoms with van der Waals surface area (Å²) in [4.78, 5) is 25.8. The molecule has 2 aromatic carbocycles. The maximum atomic E-state index is 12.4. The van der Waals surface area contributed by atoms with Crippen LogP contribution in [0.2, 0.25) is 0 Å². The van der Waals surface area contributed by atoms with Gasteiger partial charge >= 0.3 is 6.03 Å². The summed E-state index contributed by atoms with van der Waals surface area (Å²) < 4.78 is 11.5. The average molecular weight is 391 g/mol. The van der Waals surface area contributed by atoms with Crippen molar-refractivity contribution in [1.82, 2.24) is 10.6 Å². The van der Waals surface area contributed by atoms with Crippen molar-refractivity contribution in [3.63, 3.8) is 0 Å². The SMILES string of the molecule is CC1Oc2ccccc2OC1C(=O)NCC#Cc1ccc(N2CCNC2=O)cc1. The first-order valence-electron chi connectivity index (χ1n) is 9.46. The van der Waals surface area contributed by atoms with Crippen molar-refractivity contribution in [2.24, 2.45) is 0 Å². The minimum atomic E-state index is -0.724. The van der Waals surface area contributed by atoms with Crippen molar-refractivity contribution in [1.29, 1.82) is 0 Å². The molecule has 0 radical (unpaired) electrons. The van der Waals surface area contributed by atoms with Crippen LogP contribution in [0.15, 0.2) is 48.5 Å². The number of urea groups is 1. The van der Waals surface area contributed by atoms with Gasteiger partial charge in [-0.25, -0.2) is 4.79 Å². The second kappa shape index (κ2) is 8.15. The van der Waals surface area contributed by atoms with E-state index in [0.717, 1.165) is 11.3 Å². The standard InChI is InChI=1S/C22H21N3O4/c1-15-20(29-19-7-3-2-6-18(19)28-15)21(26)23-12-4-5-16-8-10-17(11-9-16)25-14-13-24-22(25)27/h2-3,6-11,15,20H,12-14H2,1H3,(H,23,26)(H,24,27). The normalized spacial score (nSPS) is 19.8. The zero-order valence-electron chi connectivity index (χ0n) is 16.0. The van der Waals surface area contributed by atoms with E-state index in [1.807, 2.05) is 42.5 Å². The smallest absolute Gasteiger partial charge is 0.321 e. The molecule has 2 N–H and O–H groups in total. The molecule has 1 saturated heterocycles. The largest absolute Gasteiger partial charge is 0.482 e. The van der Waals surface area contributed by atoms with E-state index < -0.39 is 12.2 Å². The van der Waals surface area contributed by atoms with Crippen molar-refractivity contribution in [2.75, 3.05) is 24.5 Å². The number of hydrogen-bond donors (Lipinski definition) is 2. The van der Waals surface area contributed by atoms with Gasteiger partial charge < -0.3 is 20.1 Å². The number of benzene rings is 2. The van der Waals surface area contributed by atoms with Crippen molar-refractivity contribution >= 4 is 17.6 Å². The first-order valence-corrected chi connectivity index (χ1v) is 9.46. The van der Waals surface area contributed by atoms with Gasteiger partial charge in [-0.3, -0.25) is 9.69 Å². The number of fused-ring (bicyclic) bond motifs is 1. The number of carbonyl (C=O) groups is 2. The van der Waals surface area contributed by atoms with E-state index in [-0.39, 0.29) is 18.5 Å². The van der Waals surface area contributed by atoms with E-state index >= 15 is 0 Å². The molecule has 2 atom stereocenters. The van der Waals surface area contributed by atoms with Crippen LogP contribution in [0.1, 0.15) is 12.5 Å². The fourth-order valence-electron chi connectivity index (χ4n) is 3.23. The molecule has 7 nitrogen and oxygen atoms in total. The molecular formula is C22H21N3O4. The molecule has 0 aromatic heterocycles. The first kappa shape index (κ1) is 18.7. The Balaban J connectivity index is 1.31. The van der Waals surface area contributed by atoms with Crippen LogP contribution in [0.3, 0.4) is 0 Å². The Labute approximate surface area is 169 Å². The van der Waals surface area contributed by atoms with Crippen molar-refractivity contribution in [2.45, 2.75) is 19.1 Å². The van der Waals surface area contributed by atoms with E-state index in [1.165, 1.54) is 0 Å². The van der Waals surface area contributed by atoms with Gasteiger partial charge in [-0.1, -0.05) is 24.0 Å². The molecule has 0 saturated carbocycles. The number of nitrogens with one attached hydrogen (secondary N) is 2. The summed E-state index contributed by atoms with van der Waals surface area (Å²) >= 11 is 0. The molecular weight excluding hydrogens is 370 g/mol. The number of nitrogens with zero attached hydrogens (tertiary/aromatic N) is 1. The van der Waals surface area contributed by atoms with E-state index in [4.69, 9.17) is 9.47 Å². The number of hydrogen-bond acceptors (Lipinski definition) is 4. The van der Waals surface area contributed by atoms with Gasteiger partial charge in [0.25, 0.3) is 5.91 Å². The van der Waals surface area contributed by atoms with Crippen molar-refractivity contribution in [3.05, 3.63) is 54.1 Å². The summed E-state index contributed by atoms with van der Waals surface area (Å²) in [5.74, 6) is 6.86. The van der Waals surface area contributed by atoms with Crippen LogP contribution in [-0.2, 0) is 4.79 Å². The fraction of sp³-hybridized carbons (Fsp3) is 0.273. The van der Waals surface area contributed by atoms with Gasteiger partial charge in [0, 0.05) is 24.3 Å². The molecule has 7 heteroatoms. The maximum absolute atomic E-state index is 12.4. The topological polar surface area (TPSA) is 79.9 Å². The van der Waals surface area contributed by atoms with Gasteiger partial charge in [0.2, 0.25) is 6.10 Å². The van der Waals surface area contributed by atoms with E-state index in [1.54, 1.807) is 17.9 Å². The lowest BCUT2D eigenvalue weighted by molar-refractivity contribution is -0.133. The van der Waals surface area contributed by atoms with Gasteiger partial charge in [0.1, 0.15) is 6.10 Å². The van der Waals surface area contributed by atoms with Gasteiger partial charge in [0.05, 0.1) is 6.54 Å². The molecule has 2 unspecified atom stereocenters. The highest BCUT2D eigenvalue weighted by molar-refractivity contribution is 5.94. The molecule has 4 rings (SSSR count). The van der Waals surface area contributed by atoms with Gasteiger partial charge in [-0.2, -0.15) is 0 Å². The van der Waals surface area contributed by atoms with Crippen LogP contribution in [0.5, 0.6) is 11.5 Å². The maximum Gasteiger partial charge on any atom is 0.321 e. The Bertz CT molecular complexity index is 978. The molecule has 2 aliphatic rings. The summed E-state index contributed by atoms with van der Waals surface area (Å²) in [5.41, 5.74) is 1.64. The third kappa shape index (κ3) is 4.11. The number of amides is 3. The van der Waals surface area contributed by atoms with Crippen LogP contribution in [0.25, 0.3) is 0 Å². The molecule has 1 fully saturated rings. The van der Waals surface area contributed by atoms with Crippen LogP contribution in [0, 0.1) is 11.8 Å². The fourth-order valence-corrected chi connectivity index (χ4v) is 3.23. The van der Waals surface area contributed by atoms with Crippen molar-refractivity contribution < 1.29 is 19.1 Å². The molecule has 2 aromatic rings. The number of para-hydroxylation sites is 2. The Hall–Kier alpha value is -3.66. The summed E-state index contributed by atoms with van der Waals surface area (Å²) in [6.45, 7) is 3.31. The Morgan fingerprint density at radius 2 is 1.90 bits per heavy atom. The molecule has 0 spiro atoms. The number of rotatable bonds is 3. The minimum absolute atomic E-state index is 0.0858. The Morgan fingerprint density at radius 3 is 2.59 bits per heavy atom. The second-order valence-corrected chi connectivity index (χ2v) is 6.76. The zero-order valence-corrected chi connectivity index (χ0v) is 16.0. The highest BCUT2D eigenvalue weighted by Gasteiger charge is 2.33. The molecule has 29 heavy (non-hydrogen) atoms. The molecule has 0 aliphatic carbocycles. The van der Waals surface area contributed by atoms with Crippen molar-refractivity contribution in [3.8, 4) is 23.3 Å². The Kier molecular flexibility index (Phi) is 5.25. The van der Waals surface area contributed by atoms with Crippen LogP contribution in [-0.4, -0.2) is 43.8 Å². The lowest BCUT2D eigenvalue weighted by Crippen LogP contribution is -2.49. The molecule has 2 heterocycles. The molecule has 0 bridgehead atoms. The summed E-state index contributed by atoms with van der Waals surface area (Å²) in [6.07, 6.45) is -1.12. The summed E-state index contributed by atoms with van der Waals surface area (Å²) in [5, 5.41) is 5.54. The quantitative estimate of drug-likeness (QED) is 0.784. The molecule has 2 aliphatic heterocycles. The van der Waals surface area contributed by atoms with Gasteiger partial charge in [0.15, 0.2) is 11.5 Å². The predicted octanol–water partition coefficient (Wildman–Crippen LogP) is 1.91. The lowest BCUT2D eigenvalue weighted by atomic mass is 10.1. The first-order chi connectivity index (χ1) is 14.1. The monoisotopic (exact) mass is 391 g/mol. The second-order valence-electron chi connectivity index (χ2n) is 6.76. The van der Waals surface area contributed by atoms with Crippen LogP contribution < -0.4 is 25.0 Å². The van der Waals surface area contributed by atoms with Crippen LogP contribution in [0.4, 0.5) is 10.5 Å². The molecule has 3 amide bonds. The third-order valence-corrected chi connectivity index (χ3v) is 4.72. The Morgan fingerprint density at radius 1 is 1.17 bits per heavy atom. The van der Waals surface area contributed by atoms with Gasteiger partial charge in [-0.05, 0) is 43.3 Å². The summed E-state index contributed by atoms with van der Waals surface area (Å²) in [7, 11) is 0. The lowest BCUT2D eigenvalue weighted by Gasteiger charge is -2.30. The highest BCUT2D eigenvalue weighted by atomic mass is 16.6. The van der Waals surface area contributed by atoms with E-state index in [9.17, 15) is 9.59 Å². The van der Waals surface area contributed by atoms with E-state index in [2.05, 4.69) is 22.5 Å². The predicted molar refractivity (Wildman–Crippen MR) is 108 cm³/mol. The van der Waals surface area contributed by atoms with Gasteiger partial charge in [-0.15, -0.1) is 0 Å². The van der Waals surface area contributed by atoms with E-state index in [0.29, 0.717) is 24.6 Å². The zero-order chi connectivity index (χ0) is 20.2. The van der Waals surface area contributed by atoms with Crippen LogP contribution >= 0.6 is 0 Å². The third-order valence-electron chi connectivity index (χ3n) is 4.72. The number of anilines is 1.